The first kappa shape index (κ1) is 24.2. The Morgan fingerprint density at radius 3 is 2.44 bits per heavy atom. The number of esters is 1. The molecule has 32 heavy (non-hydrogen) atoms. The number of benzene rings is 1. The third-order valence-corrected chi connectivity index (χ3v) is 6.27. The molecule has 1 saturated carbocycles. The van der Waals surface area contributed by atoms with Crippen molar-refractivity contribution in [1.82, 2.24) is 4.90 Å². The Morgan fingerprint density at radius 1 is 1.16 bits per heavy atom. The van der Waals surface area contributed by atoms with E-state index in [2.05, 4.69) is 0 Å². The summed E-state index contributed by atoms with van der Waals surface area (Å²) in [6, 6.07) is 5.78. The van der Waals surface area contributed by atoms with E-state index in [0.29, 0.717) is 18.0 Å². The molecule has 1 aliphatic heterocycles. The number of rotatable bonds is 6. The van der Waals surface area contributed by atoms with Gasteiger partial charge in [0, 0.05) is 19.0 Å². The van der Waals surface area contributed by atoms with Crippen LogP contribution in [0, 0.1) is 5.41 Å². The maximum atomic E-state index is 13.0. The van der Waals surface area contributed by atoms with Crippen LogP contribution in [-0.2, 0) is 14.3 Å². The van der Waals surface area contributed by atoms with E-state index in [1.54, 1.807) is 18.9 Å². The fourth-order valence-corrected chi connectivity index (χ4v) is 4.62. The number of hydrogen-bond donors (Lipinski definition) is 0. The molecule has 1 aromatic rings. The van der Waals surface area contributed by atoms with Crippen LogP contribution in [0.4, 0.5) is 4.79 Å². The van der Waals surface area contributed by atoms with Crippen LogP contribution in [0.5, 0.6) is 11.5 Å². The zero-order valence-corrected chi connectivity index (χ0v) is 20.2. The maximum Gasteiger partial charge on any atom is 0.410 e. The molecule has 7 heteroatoms. The van der Waals surface area contributed by atoms with Gasteiger partial charge in [0.15, 0.2) is 11.5 Å². The van der Waals surface area contributed by atoms with E-state index >= 15 is 0 Å². The fourth-order valence-electron chi connectivity index (χ4n) is 4.62. The zero-order valence-electron chi connectivity index (χ0n) is 20.2. The Balaban J connectivity index is 1.92. The number of ether oxygens (including phenoxy) is 4. The summed E-state index contributed by atoms with van der Waals surface area (Å²) in [5.74, 6) is 0.773. The van der Waals surface area contributed by atoms with Crippen molar-refractivity contribution in [3.05, 3.63) is 23.8 Å². The van der Waals surface area contributed by atoms with Crippen molar-refractivity contribution in [2.75, 3.05) is 26.8 Å². The second-order valence-electron chi connectivity index (χ2n) is 9.99. The monoisotopic (exact) mass is 447 g/mol. The highest BCUT2D eigenvalue weighted by molar-refractivity contribution is 5.81. The second kappa shape index (κ2) is 9.59. The number of carbonyl (C=O) groups is 2. The second-order valence-corrected chi connectivity index (χ2v) is 9.99. The van der Waals surface area contributed by atoms with Gasteiger partial charge in [0.2, 0.25) is 0 Å². The predicted octanol–water partition coefficient (Wildman–Crippen LogP) is 4.92. The Hall–Kier alpha value is -2.44. The van der Waals surface area contributed by atoms with Gasteiger partial charge < -0.3 is 23.8 Å². The molecule has 2 unspecified atom stereocenters. The topological polar surface area (TPSA) is 74.3 Å². The lowest BCUT2D eigenvalue weighted by Gasteiger charge is -2.29. The van der Waals surface area contributed by atoms with Crippen molar-refractivity contribution < 1.29 is 28.5 Å². The van der Waals surface area contributed by atoms with Gasteiger partial charge in [-0.1, -0.05) is 6.07 Å². The average Bonchev–Trinajstić information content (AvgIpc) is 3.35. The van der Waals surface area contributed by atoms with E-state index in [1.165, 1.54) is 12.8 Å². The van der Waals surface area contributed by atoms with E-state index in [4.69, 9.17) is 18.9 Å². The molecule has 0 aromatic heterocycles. The van der Waals surface area contributed by atoms with Gasteiger partial charge in [0.05, 0.1) is 25.2 Å². The summed E-state index contributed by atoms with van der Waals surface area (Å²) in [5, 5.41) is 0. The normalized spacial score (nSPS) is 23.8. The summed E-state index contributed by atoms with van der Waals surface area (Å²) in [4.78, 5) is 27.5. The van der Waals surface area contributed by atoms with Crippen LogP contribution in [0.1, 0.15) is 71.8 Å². The van der Waals surface area contributed by atoms with E-state index in [-0.39, 0.29) is 31.1 Å². The van der Waals surface area contributed by atoms with Gasteiger partial charge in [-0.15, -0.1) is 0 Å². The van der Waals surface area contributed by atoms with Gasteiger partial charge in [-0.2, -0.15) is 0 Å². The van der Waals surface area contributed by atoms with E-state index < -0.39 is 17.1 Å². The van der Waals surface area contributed by atoms with Crippen LogP contribution in [0.25, 0.3) is 0 Å². The Kier molecular flexibility index (Phi) is 7.25. The molecular weight excluding hydrogens is 410 g/mol. The minimum absolute atomic E-state index is 0.178. The molecule has 1 saturated heterocycles. The lowest BCUT2D eigenvalue weighted by atomic mass is 9.76. The van der Waals surface area contributed by atoms with Crippen molar-refractivity contribution in [3.63, 3.8) is 0 Å². The minimum Gasteiger partial charge on any atom is -0.493 e. The number of nitrogens with zero attached hydrogens (tertiary/aromatic N) is 1. The first-order valence-corrected chi connectivity index (χ1v) is 11.6. The van der Waals surface area contributed by atoms with E-state index in [9.17, 15) is 9.59 Å². The molecule has 0 radical (unpaired) electrons. The number of hydrogen-bond acceptors (Lipinski definition) is 6. The lowest BCUT2D eigenvalue weighted by Crippen LogP contribution is -2.39. The first-order chi connectivity index (χ1) is 15.1. The number of methoxy groups -OCH3 is 1. The standard InChI is InChI=1S/C25H37NO6/c1-7-30-22(27)25(5)16-26(23(28)32-24(2,3)4)15-19(25)17-12-13-20(29-6)21(14-17)31-18-10-8-9-11-18/h12-14,18-19H,7-11,15-16H2,1-6H3. The molecule has 0 spiro atoms. The molecule has 178 valence electrons. The van der Waals surface area contributed by atoms with Crippen LogP contribution in [0.2, 0.25) is 0 Å². The van der Waals surface area contributed by atoms with Crippen LogP contribution in [0.3, 0.4) is 0 Å². The first-order valence-electron chi connectivity index (χ1n) is 11.6. The van der Waals surface area contributed by atoms with Gasteiger partial charge in [-0.25, -0.2) is 4.79 Å². The minimum atomic E-state index is -0.897. The maximum absolute atomic E-state index is 13.0. The number of carbonyl (C=O) groups excluding carboxylic acids is 2. The van der Waals surface area contributed by atoms with Gasteiger partial charge in [0.25, 0.3) is 0 Å². The van der Waals surface area contributed by atoms with Crippen molar-refractivity contribution in [1.29, 1.82) is 0 Å². The molecule has 0 N–H and O–H groups in total. The summed E-state index contributed by atoms with van der Waals surface area (Å²) in [6.07, 6.45) is 4.15. The summed E-state index contributed by atoms with van der Waals surface area (Å²) in [7, 11) is 1.62. The van der Waals surface area contributed by atoms with Gasteiger partial charge in [-0.05, 0) is 78.0 Å². The van der Waals surface area contributed by atoms with Gasteiger partial charge in [0.1, 0.15) is 5.60 Å². The smallest absolute Gasteiger partial charge is 0.410 e. The molecule has 2 fully saturated rings. The van der Waals surface area contributed by atoms with Gasteiger partial charge in [-0.3, -0.25) is 4.79 Å². The average molecular weight is 448 g/mol. The van der Waals surface area contributed by atoms with Crippen LogP contribution in [0.15, 0.2) is 18.2 Å². The Labute approximate surface area is 191 Å². The highest BCUT2D eigenvalue weighted by atomic mass is 16.6. The Morgan fingerprint density at radius 2 is 1.84 bits per heavy atom. The van der Waals surface area contributed by atoms with Crippen LogP contribution in [-0.4, -0.2) is 55.5 Å². The molecule has 1 heterocycles. The summed E-state index contributed by atoms with van der Waals surface area (Å²) >= 11 is 0. The largest absolute Gasteiger partial charge is 0.493 e. The van der Waals surface area contributed by atoms with Crippen molar-refractivity contribution in [2.24, 2.45) is 5.41 Å². The van der Waals surface area contributed by atoms with Crippen molar-refractivity contribution >= 4 is 12.1 Å². The van der Waals surface area contributed by atoms with Crippen molar-refractivity contribution in [3.8, 4) is 11.5 Å². The molecule has 0 bridgehead atoms. The molecule has 3 rings (SSSR count). The highest BCUT2D eigenvalue weighted by Gasteiger charge is 2.52. The summed E-state index contributed by atoms with van der Waals surface area (Å²) in [6.45, 7) is 10.0. The molecule has 1 amide bonds. The summed E-state index contributed by atoms with van der Waals surface area (Å²) in [5.41, 5.74) is -0.593. The molecule has 2 aliphatic rings. The molecule has 7 nitrogen and oxygen atoms in total. The van der Waals surface area contributed by atoms with Crippen LogP contribution >= 0.6 is 0 Å². The molecule has 1 aromatic carbocycles. The van der Waals surface area contributed by atoms with E-state index in [1.807, 2.05) is 45.9 Å². The third-order valence-electron chi connectivity index (χ3n) is 6.27. The predicted molar refractivity (Wildman–Crippen MR) is 121 cm³/mol. The van der Waals surface area contributed by atoms with Gasteiger partial charge >= 0.3 is 12.1 Å². The van der Waals surface area contributed by atoms with Crippen LogP contribution < -0.4 is 9.47 Å². The Bertz CT molecular complexity index is 826. The van der Waals surface area contributed by atoms with E-state index in [0.717, 1.165) is 18.4 Å². The SMILES string of the molecule is CCOC(=O)C1(C)CN(C(=O)OC(C)(C)C)CC1c1ccc(OC)c(OC2CCCC2)c1. The molecule has 1 aliphatic carbocycles. The van der Waals surface area contributed by atoms with Crippen molar-refractivity contribution in [2.45, 2.75) is 77.9 Å². The lowest BCUT2D eigenvalue weighted by molar-refractivity contribution is -0.154. The fraction of sp³-hybridized carbons (Fsp3) is 0.680. The number of likely N-dealkylation sites (tertiary alicyclic amines) is 1. The summed E-state index contributed by atoms with van der Waals surface area (Å²) < 4.78 is 22.8. The zero-order chi connectivity index (χ0) is 23.5. The highest BCUT2D eigenvalue weighted by Crippen LogP contribution is 2.46. The molecular formula is C25H37NO6. The quantitative estimate of drug-likeness (QED) is 0.576. The molecule has 2 atom stereocenters. The number of amides is 1. The third kappa shape index (κ3) is 5.30.